The lowest BCUT2D eigenvalue weighted by molar-refractivity contribution is 0.408. The van der Waals surface area contributed by atoms with Gasteiger partial charge >= 0.3 is 0 Å². The van der Waals surface area contributed by atoms with E-state index in [1.165, 1.54) is 12.0 Å². The lowest BCUT2D eigenvalue weighted by Crippen LogP contribution is -2.21. The minimum Gasteiger partial charge on any atom is -0.497 e. The van der Waals surface area contributed by atoms with Gasteiger partial charge in [-0.1, -0.05) is 17.3 Å². The zero-order chi connectivity index (χ0) is 12.8. The van der Waals surface area contributed by atoms with Crippen molar-refractivity contribution in [1.82, 2.24) is 15.5 Å². The first-order valence-corrected chi connectivity index (χ1v) is 5.92. The highest BCUT2D eigenvalue weighted by Crippen LogP contribution is 2.16. The zero-order valence-corrected chi connectivity index (χ0v) is 10.6. The summed E-state index contributed by atoms with van der Waals surface area (Å²) in [4.78, 5) is 3.97. The van der Waals surface area contributed by atoms with Crippen LogP contribution in [0.5, 0.6) is 5.75 Å². The average Bonchev–Trinajstić information content (AvgIpc) is 2.92. The van der Waals surface area contributed by atoms with Crippen molar-refractivity contribution in [2.24, 2.45) is 0 Å². The van der Waals surface area contributed by atoms with Gasteiger partial charge in [-0.25, -0.2) is 0 Å². The molecule has 1 aromatic carbocycles. The molecule has 2 rings (SSSR count). The van der Waals surface area contributed by atoms with Gasteiger partial charge in [0.1, 0.15) is 5.75 Å². The van der Waals surface area contributed by atoms with Crippen LogP contribution in [-0.4, -0.2) is 23.8 Å². The van der Waals surface area contributed by atoms with Crippen LogP contribution in [0.4, 0.5) is 0 Å². The van der Waals surface area contributed by atoms with Gasteiger partial charge in [0.15, 0.2) is 5.82 Å². The van der Waals surface area contributed by atoms with Crippen molar-refractivity contribution in [3.63, 3.8) is 0 Å². The molecule has 96 valence electrons. The Balaban J connectivity index is 1.81. The topological polar surface area (TPSA) is 60.2 Å². The molecule has 1 unspecified atom stereocenters. The summed E-state index contributed by atoms with van der Waals surface area (Å²) in [7, 11) is 1.67. The van der Waals surface area contributed by atoms with E-state index >= 15 is 0 Å². The number of rotatable bonds is 6. The molecule has 0 saturated carbocycles. The molecular weight excluding hydrogens is 230 g/mol. The molecule has 0 aliphatic rings. The Labute approximate surface area is 106 Å². The summed E-state index contributed by atoms with van der Waals surface area (Å²) < 4.78 is 9.81. The zero-order valence-electron chi connectivity index (χ0n) is 10.6. The number of ether oxygens (including phenoxy) is 1. The number of methoxy groups -OCH3 is 1. The quantitative estimate of drug-likeness (QED) is 0.845. The third kappa shape index (κ3) is 3.30. The maximum absolute atomic E-state index is 5.13. The van der Waals surface area contributed by atoms with Gasteiger partial charge in [-0.2, -0.15) is 4.98 Å². The van der Waals surface area contributed by atoms with Crippen LogP contribution < -0.4 is 10.1 Å². The van der Waals surface area contributed by atoms with Crippen LogP contribution in [0.15, 0.2) is 35.2 Å². The first kappa shape index (κ1) is 12.6. The van der Waals surface area contributed by atoms with Gasteiger partial charge in [-0.15, -0.1) is 0 Å². The van der Waals surface area contributed by atoms with Crippen LogP contribution in [0.3, 0.4) is 0 Å². The highest BCUT2D eigenvalue weighted by molar-refractivity contribution is 5.28. The summed E-state index contributed by atoms with van der Waals surface area (Å²) >= 11 is 0. The lowest BCUT2D eigenvalue weighted by Gasteiger charge is -2.13. The van der Waals surface area contributed by atoms with E-state index in [0.717, 1.165) is 24.5 Å². The van der Waals surface area contributed by atoms with Crippen molar-refractivity contribution < 1.29 is 9.26 Å². The molecule has 0 spiro atoms. The third-order valence-corrected chi connectivity index (χ3v) is 2.82. The summed E-state index contributed by atoms with van der Waals surface area (Å²) in [6.07, 6.45) is 2.11. The van der Waals surface area contributed by atoms with Crippen molar-refractivity contribution in [1.29, 1.82) is 0 Å². The fraction of sp³-hybridized carbons (Fsp3) is 0.385. The molecular formula is C13H17N3O2. The summed E-state index contributed by atoms with van der Waals surface area (Å²) in [6, 6.07) is 8.33. The molecule has 0 fully saturated rings. The molecule has 0 aliphatic carbocycles. The van der Waals surface area contributed by atoms with E-state index in [0.29, 0.717) is 0 Å². The predicted octanol–water partition coefficient (Wildman–Crippen LogP) is 1.97. The van der Waals surface area contributed by atoms with Gasteiger partial charge in [-0.3, -0.25) is 0 Å². The number of benzene rings is 1. The molecule has 0 radical (unpaired) electrons. The summed E-state index contributed by atoms with van der Waals surface area (Å²) in [6.45, 7) is 2.94. The van der Waals surface area contributed by atoms with Crippen molar-refractivity contribution in [3.05, 3.63) is 42.0 Å². The van der Waals surface area contributed by atoms with Crippen LogP contribution in [0.1, 0.15) is 24.4 Å². The average molecular weight is 247 g/mol. The molecule has 0 saturated heterocycles. The van der Waals surface area contributed by atoms with Gasteiger partial charge in [0.2, 0.25) is 6.39 Å². The molecule has 2 aromatic rings. The van der Waals surface area contributed by atoms with Crippen LogP contribution in [0.25, 0.3) is 0 Å². The Morgan fingerprint density at radius 3 is 2.72 bits per heavy atom. The second-order valence-corrected chi connectivity index (χ2v) is 4.05. The summed E-state index contributed by atoms with van der Waals surface area (Å²) in [5.74, 6) is 1.60. The van der Waals surface area contributed by atoms with Gasteiger partial charge in [-0.05, 0) is 24.6 Å². The van der Waals surface area contributed by atoms with Crippen LogP contribution in [-0.2, 0) is 6.42 Å². The van der Waals surface area contributed by atoms with Crippen molar-refractivity contribution >= 4 is 0 Å². The summed E-state index contributed by atoms with van der Waals surface area (Å²) in [5, 5.41) is 7.18. The Morgan fingerprint density at radius 2 is 2.11 bits per heavy atom. The third-order valence-electron chi connectivity index (χ3n) is 2.82. The molecule has 5 heteroatoms. The van der Waals surface area contributed by atoms with Crippen LogP contribution >= 0.6 is 0 Å². The molecule has 0 aliphatic heterocycles. The second kappa shape index (κ2) is 6.16. The number of hydrogen-bond acceptors (Lipinski definition) is 5. The minimum absolute atomic E-state index is 0.280. The number of hydrogen-bond donors (Lipinski definition) is 1. The van der Waals surface area contributed by atoms with E-state index < -0.39 is 0 Å². The highest BCUT2D eigenvalue weighted by atomic mass is 16.5. The maximum Gasteiger partial charge on any atom is 0.213 e. The van der Waals surface area contributed by atoms with E-state index in [1.807, 2.05) is 12.1 Å². The minimum atomic E-state index is 0.280. The molecule has 1 N–H and O–H groups in total. The van der Waals surface area contributed by atoms with Crippen molar-refractivity contribution in [3.8, 4) is 5.75 Å². The lowest BCUT2D eigenvalue weighted by atomic mass is 10.1. The molecule has 1 atom stereocenters. The van der Waals surface area contributed by atoms with Gasteiger partial charge in [0.05, 0.1) is 7.11 Å². The van der Waals surface area contributed by atoms with E-state index in [2.05, 4.69) is 39.0 Å². The Kier molecular flexibility index (Phi) is 4.30. The molecule has 1 heterocycles. The van der Waals surface area contributed by atoms with Crippen LogP contribution in [0, 0.1) is 0 Å². The SMILES string of the molecule is COc1ccc(C(C)NCCc2ncon2)cc1. The first-order valence-electron chi connectivity index (χ1n) is 5.92. The highest BCUT2D eigenvalue weighted by Gasteiger charge is 2.05. The standard InChI is InChI=1S/C13H17N3O2/c1-10(11-3-5-12(17-2)6-4-11)14-8-7-13-15-9-18-16-13/h3-6,9-10,14H,7-8H2,1-2H3. The van der Waals surface area contributed by atoms with E-state index in [-0.39, 0.29) is 6.04 Å². The Bertz CT molecular complexity index is 454. The fourth-order valence-corrected chi connectivity index (χ4v) is 1.71. The monoisotopic (exact) mass is 247 g/mol. The summed E-state index contributed by atoms with van der Waals surface area (Å²) in [5.41, 5.74) is 1.23. The normalized spacial score (nSPS) is 12.3. The predicted molar refractivity (Wildman–Crippen MR) is 67.4 cm³/mol. The van der Waals surface area contributed by atoms with Gasteiger partial charge in [0.25, 0.3) is 0 Å². The fourth-order valence-electron chi connectivity index (χ4n) is 1.71. The van der Waals surface area contributed by atoms with Gasteiger partial charge < -0.3 is 14.6 Å². The first-order chi connectivity index (χ1) is 8.79. The van der Waals surface area contributed by atoms with Gasteiger partial charge in [0, 0.05) is 19.0 Å². The molecule has 5 nitrogen and oxygen atoms in total. The van der Waals surface area contributed by atoms with Crippen molar-refractivity contribution in [2.75, 3.05) is 13.7 Å². The molecule has 0 amide bonds. The number of nitrogens with zero attached hydrogens (tertiary/aromatic N) is 2. The Morgan fingerprint density at radius 1 is 1.33 bits per heavy atom. The maximum atomic E-state index is 5.13. The van der Waals surface area contributed by atoms with E-state index in [4.69, 9.17) is 4.74 Å². The van der Waals surface area contributed by atoms with Crippen LogP contribution in [0.2, 0.25) is 0 Å². The number of nitrogens with one attached hydrogen (secondary N) is 1. The largest absolute Gasteiger partial charge is 0.497 e. The van der Waals surface area contributed by atoms with E-state index in [9.17, 15) is 0 Å². The smallest absolute Gasteiger partial charge is 0.213 e. The van der Waals surface area contributed by atoms with E-state index in [1.54, 1.807) is 7.11 Å². The number of aromatic nitrogens is 2. The Hall–Kier alpha value is -1.88. The second-order valence-electron chi connectivity index (χ2n) is 4.05. The molecule has 1 aromatic heterocycles. The molecule has 18 heavy (non-hydrogen) atoms. The molecule has 0 bridgehead atoms. The van der Waals surface area contributed by atoms with Crippen molar-refractivity contribution in [2.45, 2.75) is 19.4 Å².